The molecule has 0 fully saturated rings. The van der Waals surface area contributed by atoms with Gasteiger partial charge in [-0.25, -0.2) is 8.42 Å². The maximum absolute atomic E-state index is 12.7. The molecule has 2 aromatic heterocycles. The molecule has 0 bridgehead atoms. The van der Waals surface area contributed by atoms with Crippen molar-refractivity contribution < 1.29 is 17.7 Å². The molecule has 0 aliphatic carbocycles. The highest BCUT2D eigenvalue weighted by Crippen LogP contribution is 2.21. The van der Waals surface area contributed by atoms with Crippen LogP contribution in [0.3, 0.4) is 0 Å². The van der Waals surface area contributed by atoms with E-state index in [0.29, 0.717) is 23.8 Å². The average molecular weight is 477 g/mol. The zero-order valence-electron chi connectivity index (χ0n) is 18.8. The SMILES string of the molecule is CC(C)S(=O)(=O)c1ccc(CC(=O)Nc2ccccc2Cc2nc(-c3cccnc3)no2)cc1. The largest absolute Gasteiger partial charge is 0.339 e. The third-order valence-corrected chi connectivity index (χ3v) is 7.43. The molecule has 0 saturated carbocycles. The minimum atomic E-state index is -3.35. The zero-order chi connectivity index (χ0) is 24.1. The predicted molar refractivity (Wildman–Crippen MR) is 128 cm³/mol. The van der Waals surface area contributed by atoms with Crippen LogP contribution in [0.2, 0.25) is 0 Å². The Bertz CT molecular complexity index is 1380. The number of hydrogen-bond donors (Lipinski definition) is 1. The molecule has 2 aromatic carbocycles. The molecule has 1 amide bonds. The number of para-hydroxylation sites is 1. The van der Waals surface area contributed by atoms with Gasteiger partial charge in [0.15, 0.2) is 9.84 Å². The van der Waals surface area contributed by atoms with Crippen LogP contribution in [0.4, 0.5) is 5.69 Å². The summed E-state index contributed by atoms with van der Waals surface area (Å²) in [6, 6.07) is 17.5. The number of carbonyl (C=O) groups excluding carboxylic acids is 1. The highest BCUT2D eigenvalue weighted by molar-refractivity contribution is 7.92. The standard InChI is InChI=1S/C25H24N4O4S/c1-17(2)34(31,32)21-11-9-18(10-12-21)14-23(30)27-22-8-4-3-6-19(22)15-24-28-25(29-33-24)20-7-5-13-26-16-20/h3-13,16-17H,14-15H2,1-2H3,(H,27,30). The average Bonchev–Trinajstić information content (AvgIpc) is 3.30. The fourth-order valence-corrected chi connectivity index (χ4v) is 4.41. The molecule has 0 unspecified atom stereocenters. The van der Waals surface area contributed by atoms with Gasteiger partial charge in [-0.05, 0) is 55.3 Å². The Morgan fingerprint density at radius 2 is 1.79 bits per heavy atom. The monoisotopic (exact) mass is 476 g/mol. The van der Waals surface area contributed by atoms with Crippen molar-refractivity contribution in [3.05, 3.63) is 90.1 Å². The molecule has 34 heavy (non-hydrogen) atoms. The molecular formula is C25H24N4O4S. The van der Waals surface area contributed by atoms with Crippen molar-refractivity contribution in [3.63, 3.8) is 0 Å². The van der Waals surface area contributed by atoms with Gasteiger partial charge in [-0.15, -0.1) is 0 Å². The Balaban J connectivity index is 1.43. The maximum atomic E-state index is 12.7. The third-order valence-electron chi connectivity index (χ3n) is 5.26. The number of amides is 1. The fraction of sp³-hybridized carbons (Fsp3) is 0.200. The first-order valence-corrected chi connectivity index (χ1v) is 12.3. The molecule has 8 nitrogen and oxygen atoms in total. The van der Waals surface area contributed by atoms with E-state index in [4.69, 9.17) is 4.52 Å². The second-order valence-electron chi connectivity index (χ2n) is 8.05. The lowest BCUT2D eigenvalue weighted by Gasteiger charge is -2.11. The summed E-state index contributed by atoms with van der Waals surface area (Å²) in [5.41, 5.74) is 2.95. The van der Waals surface area contributed by atoms with Crippen molar-refractivity contribution >= 4 is 21.4 Å². The van der Waals surface area contributed by atoms with Crippen molar-refractivity contribution in [2.45, 2.75) is 36.8 Å². The molecule has 4 aromatic rings. The third kappa shape index (κ3) is 5.37. The molecule has 0 spiro atoms. The fourth-order valence-electron chi connectivity index (χ4n) is 3.35. The number of benzene rings is 2. The smallest absolute Gasteiger partial charge is 0.231 e. The Labute approximate surface area is 198 Å². The lowest BCUT2D eigenvalue weighted by Crippen LogP contribution is -2.16. The van der Waals surface area contributed by atoms with Crippen molar-refractivity contribution in [3.8, 4) is 11.4 Å². The lowest BCUT2D eigenvalue weighted by molar-refractivity contribution is -0.115. The van der Waals surface area contributed by atoms with Gasteiger partial charge in [0.1, 0.15) is 0 Å². The van der Waals surface area contributed by atoms with Crippen molar-refractivity contribution in [2.75, 3.05) is 5.32 Å². The van der Waals surface area contributed by atoms with E-state index in [1.807, 2.05) is 30.3 Å². The molecule has 2 heterocycles. The zero-order valence-corrected chi connectivity index (χ0v) is 19.6. The number of nitrogens with one attached hydrogen (secondary N) is 1. The summed E-state index contributed by atoms with van der Waals surface area (Å²) in [4.78, 5) is 21.4. The summed E-state index contributed by atoms with van der Waals surface area (Å²) in [5, 5.41) is 6.43. The second-order valence-corrected chi connectivity index (χ2v) is 10.6. The van der Waals surface area contributed by atoms with Crippen LogP contribution < -0.4 is 5.32 Å². The summed E-state index contributed by atoms with van der Waals surface area (Å²) < 4.78 is 29.9. The molecule has 0 aliphatic rings. The number of anilines is 1. The summed E-state index contributed by atoms with van der Waals surface area (Å²) in [6.45, 7) is 3.28. The second kappa shape index (κ2) is 9.96. The van der Waals surface area contributed by atoms with E-state index in [-0.39, 0.29) is 17.2 Å². The summed E-state index contributed by atoms with van der Waals surface area (Å²) in [6.07, 6.45) is 3.80. The number of hydrogen-bond acceptors (Lipinski definition) is 7. The van der Waals surface area contributed by atoms with Gasteiger partial charge in [-0.2, -0.15) is 4.98 Å². The van der Waals surface area contributed by atoms with E-state index in [2.05, 4.69) is 20.4 Å². The van der Waals surface area contributed by atoms with E-state index >= 15 is 0 Å². The van der Waals surface area contributed by atoms with Crippen molar-refractivity contribution in [1.82, 2.24) is 15.1 Å². The molecule has 174 valence electrons. The minimum Gasteiger partial charge on any atom is -0.339 e. The number of sulfone groups is 1. The Kier molecular flexibility index (Phi) is 6.83. The van der Waals surface area contributed by atoms with Gasteiger partial charge < -0.3 is 9.84 Å². The predicted octanol–water partition coefficient (Wildman–Crippen LogP) is 4.09. The van der Waals surface area contributed by atoms with Crippen molar-refractivity contribution in [1.29, 1.82) is 0 Å². The normalized spacial score (nSPS) is 11.5. The molecule has 0 atom stereocenters. The molecule has 0 saturated heterocycles. The minimum absolute atomic E-state index is 0.113. The topological polar surface area (TPSA) is 115 Å². The van der Waals surface area contributed by atoms with E-state index in [0.717, 1.165) is 16.7 Å². The number of nitrogens with zero attached hydrogens (tertiary/aromatic N) is 3. The summed E-state index contributed by atoms with van der Waals surface area (Å²) >= 11 is 0. The number of carbonyl (C=O) groups is 1. The van der Waals surface area contributed by atoms with Gasteiger partial charge in [0.25, 0.3) is 0 Å². The van der Waals surface area contributed by atoms with Crippen LogP contribution in [0.25, 0.3) is 11.4 Å². The molecule has 9 heteroatoms. The van der Waals surface area contributed by atoms with E-state index in [1.165, 1.54) is 0 Å². The Hall–Kier alpha value is -3.85. The molecule has 0 radical (unpaired) electrons. The van der Waals surface area contributed by atoms with Gasteiger partial charge >= 0.3 is 0 Å². The first-order chi connectivity index (χ1) is 16.3. The molecule has 0 aliphatic heterocycles. The van der Waals surface area contributed by atoms with E-state index in [1.54, 1.807) is 56.6 Å². The Morgan fingerprint density at radius 1 is 1.03 bits per heavy atom. The number of rotatable bonds is 8. The van der Waals surface area contributed by atoms with Crippen LogP contribution in [-0.4, -0.2) is 34.7 Å². The highest BCUT2D eigenvalue weighted by atomic mass is 32.2. The molecular weight excluding hydrogens is 452 g/mol. The van der Waals surface area contributed by atoms with Crippen LogP contribution in [0, 0.1) is 0 Å². The molecule has 1 N–H and O–H groups in total. The summed E-state index contributed by atoms with van der Waals surface area (Å²) in [5.74, 6) is 0.656. The van der Waals surface area contributed by atoms with Gasteiger partial charge in [0.05, 0.1) is 23.0 Å². The van der Waals surface area contributed by atoms with Gasteiger partial charge in [0.2, 0.25) is 17.6 Å². The lowest BCUT2D eigenvalue weighted by atomic mass is 10.1. The highest BCUT2D eigenvalue weighted by Gasteiger charge is 2.19. The van der Waals surface area contributed by atoms with Crippen LogP contribution in [0.5, 0.6) is 0 Å². The van der Waals surface area contributed by atoms with Crippen molar-refractivity contribution in [2.24, 2.45) is 0 Å². The first kappa shape index (κ1) is 23.3. The Morgan fingerprint density at radius 3 is 2.50 bits per heavy atom. The van der Waals surface area contributed by atoms with Crippen LogP contribution >= 0.6 is 0 Å². The quantitative estimate of drug-likeness (QED) is 0.407. The first-order valence-electron chi connectivity index (χ1n) is 10.8. The van der Waals surface area contributed by atoms with Gasteiger partial charge in [-0.1, -0.05) is 35.5 Å². The molecule has 4 rings (SSSR count). The number of aromatic nitrogens is 3. The van der Waals surface area contributed by atoms with E-state index in [9.17, 15) is 13.2 Å². The van der Waals surface area contributed by atoms with Gasteiger partial charge in [-0.3, -0.25) is 9.78 Å². The van der Waals surface area contributed by atoms with Crippen LogP contribution in [-0.2, 0) is 27.5 Å². The van der Waals surface area contributed by atoms with Crippen LogP contribution in [0.15, 0.2) is 82.5 Å². The van der Waals surface area contributed by atoms with Gasteiger partial charge in [0, 0.05) is 23.6 Å². The van der Waals surface area contributed by atoms with Crippen LogP contribution in [0.1, 0.15) is 30.9 Å². The maximum Gasteiger partial charge on any atom is 0.231 e. The summed E-state index contributed by atoms with van der Waals surface area (Å²) in [7, 11) is -3.35. The number of pyridine rings is 1. The van der Waals surface area contributed by atoms with E-state index < -0.39 is 15.1 Å².